The molecule has 3 aromatic rings. The van der Waals surface area contributed by atoms with Crippen LogP contribution in [0.15, 0.2) is 48.8 Å². The number of imidazole rings is 1. The Morgan fingerprint density at radius 3 is 2.90 bits per heavy atom. The first-order chi connectivity index (χ1) is 9.61. The minimum absolute atomic E-state index is 0.234. The summed E-state index contributed by atoms with van der Waals surface area (Å²) in [5.74, 6) is -0.952. The zero-order valence-corrected chi connectivity index (χ0v) is 11.2. The van der Waals surface area contributed by atoms with Crippen molar-refractivity contribution in [1.82, 2.24) is 9.38 Å². The molecule has 0 amide bonds. The number of carboxylic acids is 1. The second-order valence-electron chi connectivity index (χ2n) is 4.52. The molecule has 0 saturated heterocycles. The van der Waals surface area contributed by atoms with Crippen LogP contribution in [0.4, 0.5) is 0 Å². The van der Waals surface area contributed by atoms with Crippen molar-refractivity contribution in [1.29, 1.82) is 0 Å². The number of carboxylic acid groups (broad SMARTS) is 1. The van der Waals surface area contributed by atoms with Crippen LogP contribution in [0.5, 0.6) is 0 Å². The summed E-state index contributed by atoms with van der Waals surface area (Å²) in [5, 5.41) is 9.66. The van der Waals surface area contributed by atoms with Crippen LogP contribution in [-0.4, -0.2) is 20.5 Å². The Morgan fingerprint density at radius 1 is 1.30 bits per heavy atom. The maximum atomic E-state index is 10.9. The number of rotatable bonds is 3. The molecule has 0 aliphatic heterocycles. The lowest BCUT2D eigenvalue weighted by Gasteiger charge is -1.97. The quantitative estimate of drug-likeness (QED) is 0.804. The summed E-state index contributed by atoms with van der Waals surface area (Å²) in [5.41, 5.74) is 2.80. The summed E-state index contributed by atoms with van der Waals surface area (Å²) in [7, 11) is 0. The summed E-state index contributed by atoms with van der Waals surface area (Å²) in [6.07, 6.45) is 4.25. The van der Waals surface area contributed by atoms with E-state index in [4.69, 9.17) is 16.7 Å². The summed E-state index contributed by atoms with van der Waals surface area (Å²) in [6.45, 7) is 0. The Hall–Kier alpha value is -2.33. The number of pyridine rings is 1. The number of fused-ring (bicyclic) bond motifs is 1. The first-order valence-electron chi connectivity index (χ1n) is 6.07. The molecule has 0 bridgehead atoms. The van der Waals surface area contributed by atoms with Crippen molar-refractivity contribution in [3.8, 4) is 0 Å². The Bertz CT molecular complexity index is 795. The highest BCUT2D eigenvalue weighted by atomic mass is 35.5. The van der Waals surface area contributed by atoms with E-state index in [0.29, 0.717) is 17.1 Å². The van der Waals surface area contributed by atoms with E-state index in [9.17, 15) is 4.79 Å². The Kier molecular flexibility index (Phi) is 3.16. The summed E-state index contributed by atoms with van der Waals surface area (Å²) in [4.78, 5) is 15.4. The number of nitrogens with zero attached hydrogens (tertiary/aromatic N) is 2. The van der Waals surface area contributed by atoms with Crippen LogP contribution in [0.25, 0.3) is 5.65 Å². The molecule has 3 rings (SSSR count). The predicted octanol–water partition coefficient (Wildman–Crippen LogP) is 3.28. The van der Waals surface area contributed by atoms with Crippen LogP contribution in [0.2, 0.25) is 5.02 Å². The van der Waals surface area contributed by atoms with Crippen molar-refractivity contribution >= 4 is 23.2 Å². The van der Waals surface area contributed by atoms with Gasteiger partial charge in [0, 0.05) is 23.8 Å². The third kappa shape index (κ3) is 2.51. The summed E-state index contributed by atoms with van der Waals surface area (Å²) >= 11 is 5.95. The number of aromatic carboxylic acids is 1. The van der Waals surface area contributed by atoms with Gasteiger partial charge in [0.2, 0.25) is 0 Å². The molecule has 0 fully saturated rings. The molecule has 1 aromatic carbocycles. The van der Waals surface area contributed by atoms with E-state index in [-0.39, 0.29) is 5.56 Å². The van der Waals surface area contributed by atoms with Crippen molar-refractivity contribution in [3.05, 3.63) is 70.6 Å². The van der Waals surface area contributed by atoms with Crippen LogP contribution in [0, 0.1) is 0 Å². The first-order valence-corrected chi connectivity index (χ1v) is 6.45. The van der Waals surface area contributed by atoms with Crippen molar-refractivity contribution in [2.75, 3.05) is 0 Å². The van der Waals surface area contributed by atoms with Crippen LogP contribution in [-0.2, 0) is 6.42 Å². The lowest BCUT2D eigenvalue weighted by molar-refractivity contribution is 0.0697. The zero-order chi connectivity index (χ0) is 14.1. The van der Waals surface area contributed by atoms with E-state index in [2.05, 4.69) is 4.98 Å². The fraction of sp³-hybridized carbons (Fsp3) is 0.0667. The largest absolute Gasteiger partial charge is 0.478 e. The normalized spacial score (nSPS) is 10.8. The van der Waals surface area contributed by atoms with E-state index >= 15 is 0 Å². The van der Waals surface area contributed by atoms with E-state index in [1.807, 2.05) is 34.9 Å². The van der Waals surface area contributed by atoms with Gasteiger partial charge in [-0.15, -0.1) is 0 Å². The van der Waals surface area contributed by atoms with Gasteiger partial charge in [0.1, 0.15) is 5.65 Å². The van der Waals surface area contributed by atoms with Gasteiger partial charge in [-0.1, -0.05) is 23.7 Å². The highest BCUT2D eigenvalue weighted by molar-refractivity contribution is 6.30. The molecular formula is C15H11ClN2O2. The van der Waals surface area contributed by atoms with Crippen molar-refractivity contribution in [2.45, 2.75) is 6.42 Å². The lowest BCUT2D eigenvalue weighted by atomic mass is 10.1. The molecule has 0 unspecified atom stereocenters. The number of benzene rings is 1. The monoisotopic (exact) mass is 286 g/mol. The summed E-state index contributed by atoms with van der Waals surface area (Å²) in [6, 6.07) is 10.7. The molecule has 5 heteroatoms. The zero-order valence-electron chi connectivity index (χ0n) is 10.5. The molecular weight excluding hydrogens is 276 g/mol. The van der Waals surface area contributed by atoms with Gasteiger partial charge < -0.3 is 9.51 Å². The van der Waals surface area contributed by atoms with Crippen LogP contribution in [0.3, 0.4) is 0 Å². The van der Waals surface area contributed by atoms with E-state index < -0.39 is 5.97 Å². The number of hydrogen-bond acceptors (Lipinski definition) is 2. The van der Waals surface area contributed by atoms with Gasteiger partial charge in [-0.05, 0) is 29.8 Å². The topological polar surface area (TPSA) is 54.6 Å². The SMILES string of the molecule is O=C(O)c1ccn2cc(Cc3cccc(Cl)c3)nc2c1. The van der Waals surface area contributed by atoms with Crippen molar-refractivity contribution in [2.24, 2.45) is 0 Å². The van der Waals surface area contributed by atoms with Gasteiger partial charge >= 0.3 is 5.97 Å². The molecule has 20 heavy (non-hydrogen) atoms. The smallest absolute Gasteiger partial charge is 0.335 e. The first kappa shape index (κ1) is 12.7. The molecule has 1 N–H and O–H groups in total. The molecule has 2 heterocycles. The third-order valence-corrected chi connectivity index (χ3v) is 3.27. The lowest BCUT2D eigenvalue weighted by Crippen LogP contribution is -1.96. The van der Waals surface area contributed by atoms with E-state index in [1.54, 1.807) is 18.3 Å². The van der Waals surface area contributed by atoms with Gasteiger partial charge in [-0.2, -0.15) is 0 Å². The molecule has 0 aliphatic rings. The number of carbonyl (C=O) groups is 1. The molecule has 2 aromatic heterocycles. The molecule has 0 spiro atoms. The Balaban J connectivity index is 1.95. The van der Waals surface area contributed by atoms with E-state index in [1.165, 1.54) is 0 Å². The van der Waals surface area contributed by atoms with Crippen molar-refractivity contribution in [3.63, 3.8) is 0 Å². The highest BCUT2D eigenvalue weighted by Crippen LogP contribution is 2.15. The van der Waals surface area contributed by atoms with Gasteiger partial charge in [0.05, 0.1) is 11.3 Å². The van der Waals surface area contributed by atoms with E-state index in [0.717, 1.165) is 11.3 Å². The fourth-order valence-electron chi connectivity index (χ4n) is 2.11. The number of hydrogen-bond donors (Lipinski definition) is 1. The Labute approximate surface area is 120 Å². The Morgan fingerprint density at radius 2 is 2.15 bits per heavy atom. The minimum Gasteiger partial charge on any atom is -0.478 e. The molecule has 0 atom stereocenters. The molecule has 0 saturated carbocycles. The number of aromatic nitrogens is 2. The number of halogens is 1. The van der Waals surface area contributed by atoms with Gasteiger partial charge in [-0.25, -0.2) is 9.78 Å². The minimum atomic E-state index is -0.952. The second-order valence-corrected chi connectivity index (χ2v) is 4.96. The average molecular weight is 287 g/mol. The molecule has 0 radical (unpaired) electrons. The predicted molar refractivity (Wildman–Crippen MR) is 76.4 cm³/mol. The van der Waals surface area contributed by atoms with Crippen LogP contribution in [0.1, 0.15) is 21.6 Å². The highest BCUT2D eigenvalue weighted by Gasteiger charge is 2.07. The van der Waals surface area contributed by atoms with Crippen LogP contribution >= 0.6 is 11.6 Å². The maximum absolute atomic E-state index is 10.9. The molecule has 4 nitrogen and oxygen atoms in total. The second kappa shape index (κ2) is 4.98. The molecule has 100 valence electrons. The van der Waals surface area contributed by atoms with Crippen molar-refractivity contribution < 1.29 is 9.90 Å². The fourth-order valence-corrected chi connectivity index (χ4v) is 2.32. The summed E-state index contributed by atoms with van der Waals surface area (Å²) < 4.78 is 1.81. The van der Waals surface area contributed by atoms with Gasteiger partial charge in [-0.3, -0.25) is 0 Å². The maximum Gasteiger partial charge on any atom is 0.335 e. The van der Waals surface area contributed by atoms with Gasteiger partial charge in [0.15, 0.2) is 0 Å². The van der Waals surface area contributed by atoms with Crippen LogP contribution < -0.4 is 0 Å². The van der Waals surface area contributed by atoms with Gasteiger partial charge in [0.25, 0.3) is 0 Å². The average Bonchev–Trinajstić information content (AvgIpc) is 2.79. The third-order valence-electron chi connectivity index (χ3n) is 3.03. The standard InChI is InChI=1S/C15H11ClN2O2/c16-12-3-1-2-10(6-12)7-13-9-18-5-4-11(15(19)20)8-14(18)17-13/h1-6,8-9H,7H2,(H,19,20). The molecule has 0 aliphatic carbocycles.